The second-order valence-electron chi connectivity index (χ2n) is 5.73. The Morgan fingerprint density at radius 2 is 2.00 bits per heavy atom. The molecule has 1 heterocycles. The van der Waals surface area contributed by atoms with Crippen LogP contribution in [0, 0.1) is 0 Å². The number of para-hydroxylation sites is 1. The number of thioether (sulfide) groups is 1. The lowest BCUT2D eigenvalue weighted by atomic mass is 9.94. The molecular weight excluding hydrogens is 323 g/mol. The average Bonchev–Trinajstić information content (AvgIpc) is 2.88. The first-order valence-corrected chi connectivity index (χ1v) is 9.55. The van der Waals surface area contributed by atoms with Crippen molar-refractivity contribution in [2.24, 2.45) is 0 Å². The molecule has 1 aliphatic rings. The van der Waals surface area contributed by atoms with E-state index in [9.17, 15) is 0 Å². The van der Waals surface area contributed by atoms with Crippen LogP contribution in [-0.2, 0) is 0 Å². The Labute approximate surface area is 140 Å². The minimum absolute atomic E-state index is 0.105. The van der Waals surface area contributed by atoms with E-state index in [1.54, 1.807) is 0 Å². The van der Waals surface area contributed by atoms with E-state index in [-0.39, 0.29) is 5.38 Å². The highest BCUT2D eigenvalue weighted by Crippen LogP contribution is 2.39. The summed E-state index contributed by atoms with van der Waals surface area (Å²) in [5, 5.41) is 1.46. The number of rotatable bonds is 3. The maximum atomic E-state index is 6.45. The number of fused-ring (bicyclic) bond motifs is 1. The molecule has 1 aromatic carbocycles. The molecule has 0 N–H and O–H groups in total. The van der Waals surface area contributed by atoms with Crippen LogP contribution >= 0.6 is 35.0 Å². The summed E-state index contributed by atoms with van der Waals surface area (Å²) in [6.07, 6.45) is 7.08. The monoisotopic (exact) mass is 342 g/mol. The second-order valence-corrected chi connectivity index (χ2v) is 7.93. The summed E-state index contributed by atoms with van der Waals surface area (Å²) in [5.41, 5.74) is 2.01. The van der Waals surface area contributed by atoms with E-state index in [1.165, 1.54) is 25.7 Å². The average molecular weight is 343 g/mol. The molecule has 0 bridgehead atoms. The largest absolute Gasteiger partial charge is 0.322 e. The van der Waals surface area contributed by atoms with Crippen molar-refractivity contribution < 1.29 is 0 Å². The molecule has 1 aromatic heterocycles. The van der Waals surface area contributed by atoms with E-state index >= 15 is 0 Å². The molecule has 21 heavy (non-hydrogen) atoms. The minimum atomic E-state index is -0.105. The molecule has 114 valence electrons. The van der Waals surface area contributed by atoms with Gasteiger partial charge in [0, 0.05) is 11.3 Å². The molecule has 1 aliphatic carbocycles. The van der Waals surface area contributed by atoms with Crippen molar-refractivity contribution in [2.75, 3.05) is 6.26 Å². The van der Waals surface area contributed by atoms with Crippen molar-refractivity contribution in [3.63, 3.8) is 0 Å². The molecule has 1 unspecified atom stereocenters. The SMILES string of the molecule is CSC1CCC(n2c(C(C)Cl)nc3cccc(Cl)c32)CC1. The zero-order valence-electron chi connectivity index (χ0n) is 12.4. The van der Waals surface area contributed by atoms with Crippen LogP contribution in [0.4, 0.5) is 0 Å². The second kappa shape index (κ2) is 6.39. The van der Waals surface area contributed by atoms with Crippen LogP contribution in [0.15, 0.2) is 18.2 Å². The van der Waals surface area contributed by atoms with Gasteiger partial charge in [0.1, 0.15) is 5.82 Å². The van der Waals surface area contributed by atoms with Crippen molar-refractivity contribution in [1.29, 1.82) is 0 Å². The van der Waals surface area contributed by atoms with Crippen LogP contribution in [0.2, 0.25) is 5.02 Å². The summed E-state index contributed by atoms with van der Waals surface area (Å²) >= 11 is 14.8. The number of hydrogen-bond acceptors (Lipinski definition) is 2. The van der Waals surface area contributed by atoms with E-state index in [0.29, 0.717) is 6.04 Å². The van der Waals surface area contributed by atoms with Crippen LogP contribution in [0.1, 0.15) is 49.9 Å². The molecule has 0 saturated heterocycles. The zero-order valence-corrected chi connectivity index (χ0v) is 14.7. The summed E-state index contributed by atoms with van der Waals surface area (Å²) in [5.74, 6) is 0.951. The zero-order chi connectivity index (χ0) is 15.0. The van der Waals surface area contributed by atoms with Gasteiger partial charge in [-0.05, 0) is 51.0 Å². The van der Waals surface area contributed by atoms with Gasteiger partial charge in [0.15, 0.2) is 0 Å². The predicted octanol–water partition coefficient (Wildman–Crippen LogP) is 5.84. The van der Waals surface area contributed by atoms with Crippen molar-refractivity contribution in [2.45, 2.75) is 49.3 Å². The third-order valence-electron chi connectivity index (χ3n) is 4.39. The molecule has 2 nitrogen and oxygen atoms in total. The molecule has 0 amide bonds. The summed E-state index contributed by atoms with van der Waals surface area (Å²) in [6.45, 7) is 1.99. The van der Waals surface area contributed by atoms with Gasteiger partial charge in [0.2, 0.25) is 0 Å². The first kappa shape index (κ1) is 15.5. The van der Waals surface area contributed by atoms with Crippen LogP contribution in [0.25, 0.3) is 11.0 Å². The Balaban J connectivity index is 2.05. The van der Waals surface area contributed by atoms with E-state index in [2.05, 4.69) is 10.8 Å². The van der Waals surface area contributed by atoms with Crippen LogP contribution in [0.3, 0.4) is 0 Å². The van der Waals surface area contributed by atoms with Gasteiger partial charge in [-0.15, -0.1) is 11.6 Å². The summed E-state index contributed by atoms with van der Waals surface area (Å²) in [7, 11) is 0. The molecular formula is C16H20Cl2N2S. The lowest BCUT2D eigenvalue weighted by molar-refractivity contribution is 0.359. The topological polar surface area (TPSA) is 17.8 Å². The highest BCUT2D eigenvalue weighted by atomic mass is 35.5. The smallest absolute Gasteiger partial charge is 0.128 e. The Hall–Kier alpha value is -0.380. The van der Waals surface area contributed by atoms with Gasteiger partial charge in [-0.2, -0.15) is 11.8 Å². The Bertz CT molecular complexity index is 630. The molecule has 1 saturated carbocycles. The number of hydrogen-bond donors (Lipinski definition) is 0. The molecule has 2 aromatic rings. The van der Waals surface area contributed by atoms with Gasteiger partial charge in [-0.25, -0.2) is 4.98 Å². The lowest BCUT2D eigenvalue weighted by Crippen LogP contribution is -2.21. The van der Waals surface area contributed by atoms with E-state index < -0.39 is 0 Å². The van der Waals surface area contributed by atoms with Crippen molar-refractivity contribution in [3.05, 3.63) is 29.0 Å². The summed E-state index contributed by atoms with van der Waals surface area (Å²) < 4.78 is 2.31. The first-order chi connectivity index (χ1) is 10.1. The quantitative estimate of drug-likeness (QED) is 0.652. The summed E-state index contributed by atoms with van der Waals surface area (Å²) in [4.78, 5) is 4.73. The van der Waals surface area contributed by atoms with Crippen molar-refractivity contribution in [1.82, 2.24) is 9.55 Å². The fourth-order valence-electron chi connectivity index (χ4n) is 3.31. The Morgan fingerprint density at radius 1 is 1.29 bits per heavy atom. The molecule has 1 fully saturated rings. The van der Waals surface area contributed by atoms with Gasteiger partial charge in [0.05, 0.1) is 21.4 Å². The number of alkyl halides is 1. The highest BCUT2D eigenvalue weighted by Gasteiger charge is 2.27. The third-order valence-corrected chi connectivity index (χ3v) is 6.02. The predicted molar refractivity (Wildman–Crippen MR) is 93.8 cm³/mol. The van der Waals surface area contributed by atoms with Gasteiger partial charge in [0.25, 0.3) is 0 Å². The number of aromatic nitrogens is 2. The first-order valence-electron chi connectivity index (χ1n) is 7.45. The lowest BCUT2D eigenvalue weighted by Gasteiger charge is -2.30. The van der Waals surface area contributed by atoms with Gasteiger partial charge < -0.3 is 4.57 Å². The van der Waals surface area contributed by atoms with Gasteiger partial charge >= 0.3 is 0 Å². The van der Waals surface area contributed by atoms with E-state index in [4.69, 9.17) is 28.2 Å². The van der Waals surface area contributed by atoms with Crippen LogP contribution in [0.5, 0.6) is 0 Å². The maximum Gasteiger partial charge on any atom is 0.128 e. The van der Waals surface area contributed by atoms with Crippen LogP contribution in [-0.4, -0.2) is 21.1 Å². The number of nitrogens with zero attached hydrogens (tertiary/aromatic N) is 2. The Kier molecular flexibility index (Phi) is 4.72. The fourth-order valence-corrected chi connectivity index (χ4v) is 4.47. The number of halogens is 2. The fraction of sp³-hybridized carbons (Fsp3) is 0.562. The normalized spacial score (nSPS) is 24.4. The van der Waals surface area contributed by atoms with Crippen molar-refractivity contribution >= 4 is 46.0 Å². The molecule has 1 atom stereocenters. The van der Waals surface area contributed by atoms with Crippen molar-refractivity contribution in [3.8, 4) is 0 Å². The van der Waals surface area contributed by atoms with Gasteiger partial charge in [-0.3, -0.25) is 0 Å². The van der Waals surface area contributed by atoms with Gasteiger partial charge in [-0.1, -0.05) is 17.7 Å². The molecule has 0 radical (unpaired) electrons. The Morgan fingerprint density at radius 3 is 2.62 bits per heavy atom. The number of benzene rings is 1. The maximum absolute atomic E-state index is 6.45. The van der Waals surface area contributed by atoms with E-state index in [0.717, 1.165) is 27.1 Å². The number of imidazole rings is 1. The standard InChI is InChI=1S/C16H20Cl2N2S/c1-10(17)16-19-14-5-3-4-13(18)15(14)20(16)11-6-8-12(21-2)9-7-11/h3-5,10-12H,6-9H2,1-2H3. The molecule has 5 heteroatoms. The molecule has 0 spiro atoms. The third kappa shape index (κ3) is 2.93. The minimum Gasteiger partial charge on any atom is -0.322 e. The summed E-state index contributed by atoms with van der Waals surface area (Å²) in [6, 6.07) is 6.39. The molecule has 3 rings (SSSR count). The van der Waals surface area contributed by atoms with E-state index in [1.807, 2.05) is 36.9 Å². The highest BCUT2D eigenvalue weighted by molar-refractivity contribution is 7.99. The van der Waals surface area contributed by atoms with Crippen LogP contribution < -0.4 is 0 Å². The molecule has 0 aliphatic heterocycles.